The van der Waals surface area contributed by atoms with E-state index >= 15 is 0 Å². The number of aliphatic hydroxyl groups is 1. The van der Waals surface area contributed by atoms with Crippen LogP contribution in [0.25, 0.3) is 0 Å². The van der Waals surface area contributed by atoms with E-state index in [9.17, 15) is 4.79 Å². The third-order valence-corrected chi connectivity index (χ3v) is 2.50. The Kier molecular flexibility index (Phi) is 8.22. The molecule has 0 aromatic carbocycles. The van der Waals surface area contributed by atoms with Crippen LogP contribution in [-0.2, 0) is 14.3 Å². The number of amides is 1. The Bertz CT molecular complexity index is 259. The summed E-state index contributed by atoms with van der Waals surface area (Å²) in [5, 5.41) is 11.2. The summed E-state index contributed by atoms with van der Waals surface area (Å²) < 4.78 is 11.4. The SMILES string of the molecule is CC(C)(C)OCCC(C)(C)OCCC(=O)NCCO. The van der Waals surface area contributed by atoms with Gasteiger partial charge in [0.1, 0.15) is 0 Å². The number of rotatable bonds is 9. The average Bonchev–Trinajstić information content (AvgIpc) is 2.23. The highest BCUT2D eigenvalue weighted by Gasteiger charge is 2.20. The average molecular weight is 275 g/mol. The summed E-state index contributed by atoms with van der Waals surface area (Å²) in [7, 11) is 0. The third-order valence-electron chi connectivity index (χ3n) is 2.50. The maximum atomic E-state index is 11.3. The third kappa shape index (κ3) is 12.1. The van der Waals surface area contributed by atoms with Gasteiger partial charge in [0.15, 0.2) is 0 Å². The van der Waals surface area contributed by atoms with Crippen LogP contribution in [0.3, 0.4) is 0 Å². The number of aliphatic hydroxyl groups excluding tert-OH is 1. The monoisotopic (exact) mass is 275 g/mol. The number of hydrogen-bond donors (Lipinski definition) is 2. The molecule has 0 saturated carbocycles. The van der Waals surface area contributed by atoms with E-state index < -0.39 is 0 Å². The topological polar surface area (TPSA) is 67.8 Å². The predicted molar refractivity (Wildman–Crippen MR) is 75.1 cm³/mol. The van der Waals surface area contributed by atoms with Crippen molar-refractivity contribution in [3.63, 3.8) is 0 Å². The van der Waals surface area contributed by atoms with Crippen molar-refractivity contribution in [2.45, 2.75) is 58.7 Å². The molecule has 5 nitrogen and oxygen atoms in total. The van der Waals surface area contributed by atoms with Gasteiger partial charge in [-0.15, -0.1) is 0 Å². The van der Waals surface area contributed by atoms with E-state index in [0.717, 1.165) is 6.42 Å². The molecule has 5 heteroatoms. The van der Waals surface area contributed by atoms with E-state index in [-0.39, 0.29) is 23.7 Å². The van der Waals surface area contributed by atoms with Gasteiger partial charge in [-0.05, 0) is 41.0 Å². The fourth-order valence-corrected chi connectivity index (χ4v) is 1.38. The zero-order chi connectivity index (χ0) is 14.9. The Morgan fingerprint density at radius 3 is 2.26 bits per heavy atom. The Morgan fingerprint density at radius 2 is 1.74 bits per heavy atom. The minimum atomic E-state index is -0.303. The quantitative estimate of drug-likeness (QED) is 0.669. The molecule has 0 rings (SSSR count). The fourth-order valence-electron chi connectivity index (χ4n) is 1.38. The molecule has 0 aliphatic heterocycles. The van der Waals surface area contributed by atoms with E-state index in [1.165, 1.54) is 0 Å². The van der Waals surface area contributed by atoms with Gasteiger partial charge in [-0.25, -0.2) is 0 Å². The Labute approximate surface area is 116 Å². The molecule has 0 radical (unpaired) electrons. The Hall–Kier alpha value is -0.650. The number of nitrogens with one attached hydrogen (secondary N) is 1. The minimum Gasteiger partial charge on any atom is -0.395 e. The maximum Gasteiger partial charge on any atom is 0.222 e. The molecule has 0 unspecified atom stereocenters. The number of ether oxygens (including phenoxy) is 2. The van der Waals surface area contributed by atoms with Crippen LogP contribution in [0.1, 0.15) is 47.5 Å². The van der Waals surface area contributed by atoms with Crippen LogP contribution in [0.15, 0.2) is 0 Å². The van der Waals surface area contributed by atoms with Gasteiger partial charge in [-0.1, -0.05) is 0 Å². The highest BCUT2D eigenvalue weighted by Crippen LogP contribution is 2.17. The second-order valence-electron chi connectivity index (χ2n) is 6.14. The molecule has 0 fully saturated rings. The zero-order valence-corrected chi connectivity index (χ0v) is 12.9. The molecule has 0 heterocycles. The van der Waals surface area contributed by atoms with E-state index in [1.807, 2.05) is 34.6 Å². The molecule has 2 N–H and O–H groups in total. The lowest BCUT2D eigenvalue weighted by Gasteiger charge is -2.27. The summed E-state index contributed by atoms with van der Waals surface area (Å²) in [5.41, 5.74) is -0.442. The van der Waals surface area contributed by atoms with Crippen molar-refractivity contribution in [3.05, 3.63) is 0 Å². The summed E-state index contributed by atoms with van der Waals surface area (Å²) in [6.07, 6.45) is 1.09. The summed E-state index contributed by atoms with van der Waals surface area (Å²) in [4.78, 5) is 11.3. The van der Waals surface area contributed by atoms with Crippen molar-refractivity contribution in [1.29, 1.82) is 0 Å². The van der Waals surface area contributed by atoms with Gasteiger partial charge in [0.25, 0.3) is 0 Å². The first-order chi connectivity index (χ1) is 8.66. The lowest BCUT2D eigenvalue weighted by molar-refractivity contribution is -0.124. The molecule has 0 bridgehead atoms. The zero-order valence-electron chi connectivity index (χ0n) is 12.9. The van der Waals surface area contributed by atoms with Gasteiger partial charge in [-0.3, -0.25) is 4.79 Å². The van der Waals surface area contributed by atoms with Crippen LogP contribution in [0.2, 0.25) is 0 Å². The second kappa shape index (κ2) is 8.51. The van der Waals surface area contributed by atoms with Gasteiger partial charge < -0.3 is 19.9 Å². The molecule has 0 aromatic heterocycles. The molecule has 19 heavy (non-hydrogen) atoms. The van der Waals surface area contributed by atoms with Gasteiger partial charge in [0.05, 0.1) is 24.4 Å². The van der Waals surface area contributed by atoms with Crippen LogP contribution in [-0.4, -0.2) is 48.6 Å². The highest BCUT2D eigenvalue weighted by molar-refractivity contribution is 5.75. The van der Waals surface area contributed by atoms with Crippen LogP contribution in [0.4, 0.5) is 0 Å². The molecular formula is C14H29NO4. The second-order valence-corrected chi connectivity index (χ2v) is 6.14. The summed E-state index contributed by atoms with van der Waals surface area (Å²) in [5.74, 6) is -0.101. The number of carbonyl (C=O) groups excluding carboxylic acids is 1. The standard InChI is InChI=1S/C14H29NO4/c1-13(2,3)18-11-7-14(4,5)19-10-6-12(17)15-8-9-16/h16H,6-11H2,1-5H3,(H,15,17). The summed E-state index contributed by atoms with van der Waals surface area (Å²) in [6, 6.07) is 0. The molecular weight excluding hydrogens is 246 g/mol. The van der Waals surface area contributed by atoms with Crippen molar-refractivity contribution in [1.82, 2.24) is 5.32 Å². The van der Waals surface area contributed by atoms with E-state index in [2.05, 4.69) is 5.32 Å². The van der Waals surface area contributed by atoms with Crippen molar-refractivity contribution >= 4 is 5.91 Å². The molecule has 0 aliphatic carbocycles. The normalized spacial score (nSPS) is 12.5. The van der Waals surface area contributed by atoms with Gasteiger partial charge in [0.2, 0.25) is 5.91 Å². The minimum absolute atomic E-state index is 0.0395. The molecule has 0 aromatic rings. The van der Waals surface area contributed by atoms with E-state index in [1.54, 1.807) is 0 Å². The largest absolute Gasteiger partial charge is 0.395 e. The summed E-state index contributed by atoms with van der Waals surface area (Å²) in [6.45, 7) is 11.3. The van der Waals surface area contributed by atoms with Crippen molar-refractivity contribution in [2.75, 3.05) is 26.4 Å². The molecule has 1 amide bonds. The van der Waals surface area contributed by atoms with Crippen molar-refractivity contribution in [3.8, 4) is 0 Å². The first-order valence-corrected chi connectivity index (χ1v) is 6.82. The van der Waals surface area contributed by atoms with Crippen molar-refractivity contribution in [2.24, 2.45) is 0 Å². The number of hydrogen-bond acceptors (Lipinski definition) is 4. The van der Waals surface area contributed by atoms with Gasteiger partial charge in [0, 0.05) is 19.6 Å². The summed E-state index contributed by atoms with van der Waals surface area (Å²) >= 11 is 0. The van der Waals surface area contributed by atoms with E-state index in [0.29, 0.717) is 26.2 Å². The van der Waals surface area contributed by atoms with Gasteiger partial charge in [-0.2, -0.15) is 0 Å². The highest BCUT2D eigenvalue weighted by atomic mass is 16.5. The first-order valence-electron chi connectivity index (χ1n) is 6.82. The molecule has 0 aliphatic rings. The molecule has 0 atom stereocenters. The van der Waals surface area contributed by atoms with E-state index in [4.69, 9.17) is 14.6 Å². The smallest absolute Gasteiger partial charge is 0.222 e. The van der Waals surface area contributed by atoms with Crippen molar-refractivity contribution < 1.29 is 19.4 Å². The molecule has 0 saturated heterocycles. The fraction of sp³-hybridized carbons (Fsp3) is 0.929. The lowest BCUT2D eigenvalue weighted by atomic mass is 10.1. The Balaban J connectivity index is 3.75. The predicted octanol–water partition coefficient (Wildman–Crippen LogP) is 1.49. The first kappa shape index (κ1) is 18.4. The molecule has 114 valence electrons. The van der Waals surface area contributed by atoms with Gasteiger partial charge >= 0.3 is 0 Å². The number of carbonyl (C=O) groups is 1. The van der Waals surface area contributed by atoms with Crippen LogP contribution in [0.5, 0.6) is 0 Å². The van der Waals surface area contributed by atoms with Crippen LogP contribution < -0.4 is 5.32 Å². The maximum absolute atomic E-state index is 11.3. The molecule has 0 spiro atoms. The van der Waals surface area contributed by atoms with Crippen LogP contribution >= 0.6 is 0 Å². The lowest BCUT2D eigenvalue weighted by Crippen LogP contribution is -2.32. The Morgan fingerprint density at radius 1 is 1.11 bits per heavy atom. The van der Waals surface area contributed by atoms with Crippen LogP contribution in [0, 0.1) is 0 Å².